The van der Waals surface area contributed by atoms with Crippen molar-refractivity contribution in [2.24, 2.45) is 0 Å². The zero-order chi connectivity index (χ0) is 11.7. The predicted molar refractivity (Wildman–Crippen MR) is 61.8 cm³/mol. The van der Waals surface area contributed by atoms with Gasteiger partial charge in [0.25, 0.3) is 0 Å². The normalized spacial score (nSPS) is 10.4. The van der Waals surface area contributed by atoms with Crippen LogP contribution < -0.4 is 0 Å². The Labute approximate surface area is 96.6 Å². The van der Waals surface area contributed by atoms with Crippen LogP contribution in [0.3, 0.4) is 0 Å². The number of carboxylic acid groups (broad SMARTS) is 1. The Bertz CT molecular complexity index is 549. The van der Waals surface area contributed by atoms with Gasteiger partial charge in [-0.25, -0.2) is 14.8 Å². The smallest absolute Gasteiger partial charge is 0.339 e. The van der Waals surface area contributed by atoms with E-state index in [9.17, 15) is 4.79 Å². The average Bonchev–Trinajstić information content (AvgIpc) is 2.64. The first kappa shape index (κ1) is 10.8. The number of thiophene rings is 1. The Morgan fingerprint density at radius 1 is 1.44 bits per heavy atom. The highest BCUT2D eigenvalue weighted by Gasteiger charge is 2.11. The highest BCUT2D eigenvalue weighted by Crippen LogP contribution is 2.22. The van der Waals surface area contributed by atoms with Crippen LogP contribution in [0.25, 0.3) is 11.4 Å². The van der Waals surface area contributed by atoms with Gasteiger partial charge in [0.15, 0.2) is 5.82 Å². The quantitative estimate of drug-likeness (QED) is 0.867. The van der Waals surface area contributed by atoms with E-state index in [2.05, 4.69) is 9.97 Å². The number of nitrogens with zero attached hydrogens (tertiary/aromatic N) is 2. The minimum Gasteiger partial charge on any atom is -0.478 e. The fourth-order valence-corrected chi connectivity index (χ4v) is 2.06. The number of hydrogen-bond donors (Lipinski definition) is 1. The molecule has 0 unspecified atom stereocenters. The van der Waals surface area contributed by atoms with Gasteiger partial charge in [0, 0.05) is 22.0 Å². The molecule has 0 saturated heterocycles. The van der Waals surface area contributed by atoms with E-state index in [1.165, 1.54) is 11.1 Å². The number of rotatable bonds is 2. The largest absolute Gasteiger partial charge is 0.478 e. The van der Waals surface area contributed by atoms with Crippen LogP contribution in [0, 0.1) is 13.8 Å². The van der Waals surface area contributed by atoms with E-state index in [0.29, 0.717) is 11.5 Å². The molecule has 5 heteroatoms. The lowest BCUT2D eigenvalue weighted by Crippen LogP contribution is -2.03. The molecule has 2 aromatic rings. The van der Waals surface area contributed by atoms with Gasteiger partial charge < -0.3 is 5.11 Å². The molecule has 0 atom stereocenters. The maximum atomic E-state index is 10.8. The molecule has 2 heterocycles. The average molecular weight is 234 g/mol. The lowest BCUT2D eigenvalue weighted by Gasteiger charge is -2.01. The summed E-state index contributed by atoms with van der Waals surface area (Å²) >= 11 is 1.62. The van der Waals surface area contributed by atoms with E-state index >= 15 is 0 Å². The topological polar surface area (TPSA) is 63.1 Å². The third kappa shape index (κ3) is 1.94. The summed E-state index contributed by atoms with van der Waals surface area (Å²) in [5.74, 6) is -0.419. The molecule has 1 N–H and O–H groups in total. The molecule has 0 spiro atoms. The van der Waals surface area contributed by atoms with Crippen molar-refractivity contribution in [3.63, 3.8) is 0 Å². The van der Waals surface area contributed by atoms with Crippen LogP contribution in [-0.4, -0.2) is 21.0 Å². The van der Waals surface area contributed by atoms with E-state index in [-0.39, 0.29) is 5.56 Å². The number of aromatic nitrogens is 2. The molecule has 0 saturated carbocycles. The number of hydrogen-bond acceptors (Lipinski definition) is 4. The third-order valence-corrected chi connectivity index (χ3v) is 3.06. The third-order valence-electron chi connectivity index (χ3n) is 2.20. The number of aryl methyl sites for hydroxylation is 2. The van der Waals surface area contributed by atoms with Crippen LogP contribution in [0.4, 0.5) is 0 Å². The first-order valence-corrected chi connectivity index (χ1v) is 5.58. The molecule has 82 valence electrons. The van der Waals surface area contributed by atoms with Crippen LogP contribution >= 0.6 is 11.3 Å². The van der Waals surface area contributed by atoms with Crippen LogP contribution in [0.15, 0.2) is 17.6 Å². The molecule has 0 aliphatic rings. The molecule has 0 aliphatic carbocycles. The fraction of sp³-hybridized carbons (Fsp3) is 0.182. The highest BCUT2D eigenvalue weighted by molar-refractivity contribution is 7.10. The second-order valence-corrected chi connectivity index (χ2v) is 4.56. The predicted octanol–water partition coefficient (Wildman–Crippen LogP) is 2.52. The van der Waals surface area contributed by atoms with E-state index in [4.69, 9.17) is 5.11 Å². The summed E-state index contributed by atoms with van der Waals surface area (Å²) in [4.78, 5) is 20.2. The van der Waals surface area contributed by atoms with Gasteiger partial charge in [-0.05, 0) is 19.9 Å². The van der Waals surface area contributed by atoms with Crippen molar-refractivity contribution in [2.75, 3.05) is 0 Å². The zero-order valence-electron chi connectivity index (χ0n) is 8.89. The highest BCUT2D eigenvalue weighted by atomic mass is 32.1. The molecule has 2 aromatic heterocycles. The molecule has 4 nitrogen and oxygen atoms in total. The maximum Gasteiger partial charge on any atom is 0.339 e. The molecular weight excluding hydrogens is 224 g/mol. The van der Waals surface area contributed by atoms with Crippen molar-refractivity contribution >= 4 is 17.3 Å². The lowest BCUT2D eigenvalue weighted by molar-refractivity contribution is 0.0695. The molecule has 0 radical (unpaired) electrons. The van der Waals surface area contributed by atoms with Crippen molar-refractivity contribution in [1.82, 2.24) is 9.97 Å². The summed E-state index contributed by atoms with van der Waals surface area (Å²) in [7, 11) is 0. The number of aromatic carboxylic acids is 1. The molecule has 0 aromatic carbocycles. The second-order valence-electron chi connectivity index (χ2n) is 3.44. The van der Waals surface area contributed by atoms with Gasteiger partial charge in [-0.3, -0.25) is 0 Å². The minimum absolute atomic E-state index is 0.149. The Kier molecular flexibility index (Phi) is 2.70. The van der Waals surface area contributed by atoms with Crippen LogP contribution in [-0.2, 0) is 0 Å². The monoisotopic (exact) mass is 234 g/mol. The zero-order valence-corrected chi connectivity index (χ0v) is 9.71. The minimum atomic E-state index is -0.995. The van der Waals surface area contributed by atoms with Gasteiger partial charge in [0.2, 0.25) is 0 Å². The first-order valence-electron chi connectivity index (χ1n) is 4.70. The molecule has 0 amide bonds. The molecule has 0 bridgehead atoms. The molecule has 2 rings (SSSR count). The Balaban J connectivity index is 2.45. The maximum absolute atomic E-state index is 10.8. The summed E-state index contributed by atoms with van der Waals surface area (Å²) in [5.41, 5.74) is 1.57. The molecule has 0 aliphatic heterocycles. The SMILES string of the molecule is Cc1cc(-c2ncc(C(=O)O)c(C)n2)cs1. The molecular formula is C11H10N2O2S. The van der Waals surface area contributed by atoms with Crippen LogP contribution in [0.1, 0.15) is 20.9 Å². The summed E-state index contributed by atoms with van der Waals surface area (Å²) < 4.78 is 0. The standard InChI is InChI=1S/C11H10N2O2S/c1-6-3-8(5-16-6)10-12-4-9(11(14)15)7(2)13-10/h3-5H,1-2H3,(H,14,15). The summed E-state index contributed by atoms with van der Waals surface area (Å²) in [5, 5.41) is 10.8. The summed E-state index contributed by atoms with van der Waals surface area (Å²) in [6.45, 7) is 3.68. The second kappa shape index (κ2) is 4.02. The number of carbonyl (C=O) groups is 1. The summed E-state index contributed by atoms with van der Waals surface area (Å²) in [6, 6.07) is 1.99. The van der Waals surface area contributed by atoms with Gasteiger partial charge >= 0.3 is 5.97 Å². The van der Waals surface area contributed by atoms with E-state index < -0.39 is 5.97 Å². The van der Waals surface area contributed by atoms with Gasteiger partial charge in [-0.15, -0.1) is 11.3 Å². The van der Waals surface area contributed by atoms with E-state index in [0.717, 1.165) is 5.56 Å². The van der Waals surface area contributed by atoms with Gasteiger partial charge in [0.1, 0.15) is 0 Å². The molecule has 16 heavy (non-hydrogen) atoms. The lowest BCUT2D eigenvalue weighted by atomic mass is 10.2. The summed E-state index contributed by atoms with van der Waals surface area (Å²) in [6.07, 6.45) is 1.35. The fourth-order valence-electron chi connectivity index (χ4n) is 1.38. The first-order chi connectivity index (χ1) is 7.58. The van der Waals surface area contributed by atoms with Gasteiger partial charge in [0.05, 0.1) is 11.3 Å². The Morgan fingerprint density at radius 2 is 2.19 bits per heavy atom. The Morgan fingerprint density at radius 3 is 2.69 bits per heavy atom. The van der Waals surface area contributed by atoms with Crippen molar-refractivity contribution in [3.05, 3.63) is 33.8 Å². The molecule has 0 fully saturated rings. The van der Waals surface area contributed by atoms with Crippen molar-refractivity contribution in [1.29, 1.82) is 0 Å². The number of carboxylic acids is 1. The van der Waals surface area contributed by atoms with Crippen LogP contribution in [0.2, 0.25) is 0 Å². The van der Waals surface area contributed by atoms with Gasteiger partial charge in [-0.1, -0.05) is 0 Å². The van der Waals surface area contributed by atoms with Crippen molar-refractivity contribution < 1.29 is 9.90 Å². The van der Waals surface area contributed by atoms with Crippen molar-refractivity contribution in [2.45, 2.75) is 13.8 Å². The van der Waals surface area contributed by atoms with E-state index in [1.807, 2.05) is 18.4 Å². The van der Waals surface area contributed by atoms with Crippen LogP contribution in [0.5, 0.6) is 0 Å². The van der Waals surface area contributed by atoms with E-state index in [1.54, 1.807) is 18.3 Å². The van der Waals surface area contributed by atoms with Crippen molar-refractivity contribution in [3.8, 4) is 11.4 Å². The van der Waals surface area contributed by atoms with Gasteiger partial charge in [-0.2, -0.15) is 0 Å². The Hall–Kier alpha value is -1.75.